The molecule has 2 aromatic rings. The van der Waals surface area contributed by atoms with Gasteiger partial charge in [0.1, 0.15) is 5.76 Å². The van der Waals surface area contributed by atoms with E-state index in [-0.39, 0.29) is 5.91 Å². The van der Waals surface area contributed by atoms with Gasteiger partial charge in [0.15, 0.2) is 0 Å². The number of rotatable bonds is 3. The minimum absolute atomic E-state index is 0.170. The third-order valence-corrected chi connectivity index (χ3v) is 2.43. The lowest BCUT2D eigenvalue weighted by Gasteiger charge is -2.05. The van der Waals surface area contributed by atoms with E-state index in [0.29, 0.717) is 5.76 Å². The van der Waals surface area contributed by atoms with Crippen LogP contribution in [-0.4, -0.2) is 5.91 Å². The first kappa shape index (κ1) is 12.2. The van der Waals surface area contributed by atoms with Crippen LogP contribution in [0.1, 0.15) is 16.9 Å². The number of furan rings is 1. The van der Waals surface area contributed by atoms with Gasteiger partial charge in [-0.05, 0) is 55.3 Å². The maximum atomic E-state index is 11.7. The van der Waals surface area contributed by atoms with Gasteiger partial charge in [0, 0.05) is 11.8 Å². The first-order valence-electron chi connectivity index (χ1n) is 5.74. The first-order chi connectivity index (χ1) is 8.63. The molecule has 0 fully saturated rings. The summed E-state index contributed by atoms with van der Waals surface area (Å²) in [6.45, 7) is 4.00. The molecule has 1 amide bonds. The van der Waals surface area contributed by atoms with Gasteiger partial charge in [0.25, 0.3) is 0 Å². The smallest absolute Gasteiger partial charge is 0.248 e. The maximum absolute atomic E-state index is 11.7. The van der Waals surface area contributed by atoms with Gasteiger partial charge in [-0.1, -0.05) is 6.07 Å². The van der Waals surface area contributed by atoms with Gasteiger partial charge in [-0.3, -0.25) is 4.79 Å². The van der Waals surface area contributed by atoms with Crippen molar-refractivity contribution in [3.8, 4) is 0 Å². The van der Waals surface area contributed by atoms with Crippen molar-refractivity contribution in [1.29, 1.82) is 0 Å². The van der Waals surface area contributed by atoms with Gasteiger partial charge in [-0.15, -0.1) is 0 Å². The fourth-order valence-electron chi connectivity index (χ4n) is 1.77. The van der Waals surface area contributed by atoms with Gasteiger partial charge in [0.05, 0.1) is 6.26 Å². The molecular weight excluding hydrogens is 226 g/mol. The number of hydrogen-bond acceptors (Lipinski definition) is 2. The molecule has 2 rings (SSSR count). The molecule has 0 saturated carbocycles. The number of benzene rings is 1. The Morgan fingerprint density at radius 3 is 2.56 bits per heavy atom. The molecule has 18 heavy (non-hydrogen) atoms. The Hall–Kier alpha value is -2.29. The molecule has 0 unspecified atom stereocenters. The van der Waals surface area contributed by atoms with Crippen molar-refractivity contribution in [2.45, 2.75) is 13.8 Å². The number of aryl methyl sites for hydroxylation is 2. The third-order valence-electron chi connectivity index (χ3n) is 2.43. The van der Waals surface area contributed by atoms with E-state index >= 15 is 0 Å². The highest BCUT2D eigenvalue weighted by Gasteiger charge is 2.00. The normalized spacial score (nSPS) is 10.8. The summed E-state index contributed by atoms with van der Waals surface area (Å²) in [5.74, 6) is 0.488. The number of anilines is 1. The molecule has 0 aliphatic rings. The lowest BCUT2D eigenvalue weighted by atomic mass is 10.1. The monoisotopic (exact) mass is 241 g/mol. The summed E-state index contributed by atoms with van der Waals surface area (Å²) in [6, 6.07) is 9.51. The van der Waals surface area contributed by atoms with Crippen LogP contribution in [0.15, 0.2) is 47.1 Å². The van der Waals surface area contributed by atoms with Crippen LogP contribution in [0.25, 0.3) is 6.08 Å². The van der Waals surface area contributed by atoms with Crippen LogP contribution in [0.4, 0.5) is 5.69 Å². The molecule has 1 aromatic carbocycles. The molecule has 1 heterocycles. The molecule has 0 spiro atoms. The molecular formula is C15H15NO2. The highest BCUT2D eigenvalue weighted by molar-refractivity contribution is 6.01. The summed E-state index contributed by atoms with van der Waals surface area (Å²) in [6.07, 6.45) is 4.66. The number of nitrogens with one attached hydrogen (secondary N) is 1. The zero-order chi connectivity index (χ0) is 13.0. The van der Waals surface area contributed by atoms with E-state index in [9.17, 15) is 4.79 Å². The van der Waals surface area contributed by atoms with E-state index < -0.39 is 0 Å². The molecule has 1 N–H and O–H groups in total. The van der Waals surface area contributed by atoms with Crippen LogP contribution in [0, 0.1) is 13.8 Å². The number of hydrogen-bond donors (Lipinski definition) is 1. The maximum Gasteiger partial charge on any atom is 0.248 e. The lowest BCUT2D eigenvalue weighted by Crippen LogP contribution is -2.07. The van der Waals surface area contributed by atoms with Crippen molar-refractivity contribution >= 4 is 17.7 Å². The molecule has 92 valence electrons. The minimum Gasteiger partial charge on any atom is -0.465 e. The average Bonchev–Trinajstić information content (AvgIpc) is 2.77. The SMILES string of the molecule is Cc1cc(C)cc(NC(=O)/C=C\c2ccco2)c1. The molecule has 0 aliphatic heterocycles. The number of amides is 1. The Balaban J connectivity index is 2.03. The second-order valence-electron chi connectivity index (χ2n) is 4.21. The van der Waals surface area contributed by atoms with Crippen molar-refractivity contribution in [2.75, 3.05) is 5.32 Å². The quantitative estimate of drug-likeness (QED) is 0.835. The summed E-state index contributed by atoms with van der Waals surface area (Å²) < 4.78 is 5.11. The second kappa shape index (κ2) is 5.36. The van der Waals surface area contributed by atoms with Gasteiger partial charge < -0.3 is 9.73 Å². The van der Waals surface area contributed by atoms with Crippen LogP contribution in [0.5, 0.6) is 0 Å². The van der Waals surface area contributed by atoms with E-state index in [0.717, 1.165) is 16.8 Å². The standard InChI is InChI=1S/C15H15NO2/c1-11-8-12(2)10-13(9-11)16-15(17)6-5-14-4-3-7-18-14/h3-10H,1-2H3,(H,16,17)/b6-5-. The van der Waals surface area contributed by atoms with Crippen LogP contribution in [0.2, 0.25) is 0 Å². The van der Waals surface area contributed by atoms with E-state index in [2.05, 4.69) is 11.4 Å². The Bertz CT molecular complexity index is 548. The fourth-order valence-corrected chi connectivity index (χ4v) is 1.77. The molecule has 0 bridgehead atoms. The zero-order valence-electron chi connectivity index (χ0n) is 10.4. The van der Waals surface area contributed by atoms with E-state index in [1.54, 1.807) is 24.5 Å². The molecule has 0 radical (unpaired) electrons. The number of carbonyl (C=O) groups excluding carboxylic acids is 1. The van der Waals surface area contributed by atoms with Crippen molar-refractivity contribution in [1.82, 2.24) is 0 Å². The van der Waals surface area contributed by atoms with Crippen molar-refractivity contribution in [3.05, 3.63) is 59.6 Å². The fraction of sp³-hybridized carbons (Fsp3) is 0.133. The Labute approximate surface area is 106 Å². The molecule has 3 nitrogen and oxygen atoms in total. The largest absolute Gasteiger partial charge is 0.465 e. The van der Waals surface area contributed by atoms with Crippen molar-refractivity contribution < 1.29 is 9.21 Å². The van der Waals surface area contributed by atoms with Crippen molar-refractivity contribution in [3.63, 3.8) is 0 Å². The Kier molecular flexibility index (Phi) is 3.63. The van der Waals surface area contributed by atoms with E-state index in [1.165, 1.54) is 6.08 Å². The molecule has 0 aliphatic carbocycles. The van der Waals surface area contributed by atoms with Crippen LogP contribution in [0.3, 0.4) is 0 Å². The summed E-state index contributed by atoms with van der Waals surface area (Å²) in [5, 5.41) is 2.82. The summed E-state index contributed by atoms with van der Waals surface area (Å²) in [5.41, 5.74) is 3.06. The summed E-state index contributed by atoms with van der Waals surface area (Å²) >= 11 is 0. The predicted octanol–water partition coefficient (Wildman–Crippen LogP) is 3.55. The third kappa shape index (κ3) is 3.35. The van der Waals surface area contributed by atoms with Crippen LogP contribution < -0.4 is 5.32 Å². The molecule has 3 heteroatoms. The summed E-state index contributed by atoms with van der Waals surface area (Å²) in [7, 11) is 0. The predicted molar refractivity (Wildman–Crippen MR) is 72.3 cm³/mol. The Morgan fingerprint density at radius 1 is 1.22 bits per heavy atom. The van der Waals surface area contributed by atoms with Gasteiger partial charge >= 0.3 is 0 Å². The van der Waals surface area contributed by atoms with Gasteiger partial charge in [-0.25, -0.2) is 0 Å². The highest BCUT2D eigenvalue weighted by Crippen LogP contribution is 2.13. The number of carbonyl (C=O) groups is 1. The lowest BCUT2D eigenvalue weighted by molar-refractivity contribution is -0.111. The minimum atomic E-state index is -0.170. The zero-order valence-corrected chi connectivity index (χ0v) is 10.4. The average molecular weight is 241 g/mol. The van der Waals surface area contributed by atoms with Gasteiger partial charge in [0.2, 0.25) is 5.91 Å². The molecule has 1 aromatic heterocycles. The van der Waals surface area contributed by atoms with E-state index in [1.807, 2.05) is 26.0 Å². The first-order valence-corrected chi connectivity index (χ1v) is 5.74. The second-order valence-corrected chi connectivity index (χ2v) is 4.21. The van der Waals surface area contributed by atoms with Gasteiger partial charge in [-0.2, -0.15) is 0 Å². The Morgan fingerprint density at radius 2 is 1.94 bits per heavy atom. The van der Waals surface area contributed by atoms with Crippen LogP contribution in [-0.2, 0) is 4.79 Å². The van der Waals surface area contributed by atoms with Crippen LogP contribution >= 0.6 is 0 Å². The van der Waals surface area contributed by atoms with E-state index in [4.69, 9.17) is 4.42 Å². The highest BCUT2D eigenvalue weighted by atomic mass is 16.3. The molecule has 0 atom stereocenters. The molecule has 0 saturated heterocycles. The topological polar surface area (TPSA) is 42.2 Å². The summed E-state index contributed by atoms with van der Waals surface area (Å²) in [4.78, 5) is 11.7. The van der Waals surface area contributed by atoms with Crippen molar-refractivity contribution in [2.24, 2.45) is 0 Å².